The van der Waals surface area contributed by atoms with Gasteiger partial charge in [-0.2, -0.15) is 4.99 Å². The number of carbonyl (C=O) groups excluding carboxylic acids is 1. The van der Waals surface area contributed by atoms with E-state index in [4.69, 9.17) is 31.2 Å². The predicted octanol–water partition coefficient (Wildman–Crippen LogP) is -0.299. The van der Waals surface area contributed by atoms with E-state index in [0.29, 0.717) is 37.2 Å². The van der Waals surface area contributed by atoms with Crippen molar-refractivity contribution in [3.63, 3.8) is 0 Å². The average Bonchev–Trinajstić information content (AvgIpc) is 2.85. The fraction of sp³-hybridized carbons (Fsp3) is 0.591. The zero-order valence-electron chi connectivity index (χ0n) is 19.8. The molecule has 0 radical (unpaired) electrons. The molecule has 0 saturated carbocycles. The second-order valence-electron chi connectivity index (χ2n) is 7.66. The van der Waals surface area contributed by atoms with Gasteiger partial charge in [0.1, 0.15) is 24.4 Å². The first-order chi connectivity index (χ1) is 17.3. The number of aliphatic hydroxyl groups excluding tert-OH is 3. The van der Waals surface area contributed by atoms with Crippen molar-refractivity contribution in [2.24, 2.45) is 4.99 Å². The standard InChI is InChI=1S/C22H32N4O8S2/c1-14(28)25-18-20(30)19(29)17(12-27)34-21(18)33-11-10-32-9-8-31-7-6-23-22(36)26-16-4-2-15(3-5-16)24-13-35/h2-5,17-21,27,29-30H,6-12H2,1H3,(H,25,28)(H2,23,26,36)/t17?,18?,19-,20?,21+/m0/s1. The molecule has 200 valence electrons. The van der Waals surface area contributed by atoms with Crippen molar-refractivity contribution < 1.29 is 39.1 Å². The molecule has 1 aromatic carbocycles. The topological polar surface area (TPSA) is 163 Å². The molecule has 12 nitrogen and oxygen atoms in total. The molecular formula is C22H32N4O8S2. The number of hydrogen-bond donors (Lipinski definition) is 6. The molecule has 2 rings (SSSR count). The molecule has 1 amide bonds. The summed E-state index contributed by atoms with van der Waals surface area (Å²) >= 11 is 9.81. The molecule has 1 heterocycles. The molecule has 1 aromatic rings. The largest absolute Gasteiger partial charge is 0.394 e. The van der Waals surface area contributed by atoms with E-state index >= 15 is 0 Å². The number of hydrogen-bond acceptors (Lipinski definition) is 11. The van der Waals surface area contributed by atoms with Crippen molar-refractivity contribution >= 4 is 52.0 Å². The summed E-state index contributed by atoms with van der Waals surface area (Å²) in [6.07, 6.45) is -4.80. The number of benzene rings is 1. The number of ether oxygens (including phenoxy) is 4. The van der Waals surface area contributed by atoms with Crippen LogP contribution in [0.2, 0.25) is 0 Å². The molecule has 6 N–H and O–H groups in total. The van der Waals surface area contributed by atoms with Crippen LogP contribution in [0.25, 0.3) is 0 Å². The smallest absolute Gasteiger partial charge is 0.217 e. The normalized spacial score (nSPS) is 23.4. The maximum Gasteiger partial charge on any atom is 0.217 e. The molecule has 1 aliphatic rings. The van der Waals surface area contributed by atoms with Gasteiger partial charge < -0.3 is 50.2 Å². The van der Waals surface area contributed by atoms with Crippen LogP contribution < -0.4 is 16.0 Å². The Hall–Kier alpha value is -2.10. The lowest BCUT2D eigenvalue weighted by molar-refractivity contribution is -0.272. The van der Waals surface area contributed by atoms with Crippen LogP contribution in [0.3, 0.4) is 0 Å². The van der Waals surface area contributed by atoms with Gasteiger partial charge >= 0.3 is 0 Å². The van der Waals surface area contributed by atoms with Gasteiger partial charge in [0, 0.05) is 19.2 Å². The summed E-state index contributed by atoms with van der Waals surface area (Å²) in [4.78, 5) is 15.3. The summed E-state index contributed by atoms with van der Waals surface area (Å²) in [5, 5.41) is 40.9. The summed E-state index contributed by atoms with van der Waals surface area (Å²) in [6, 6.07) is 6.26. The van der Waals surface area contributed by atoms with Gasteiger partial charge in [-0.05, 0) is 48.7 Å². The third-order valence-electron chi connectivity index (χ3n) is 4.96. The summed E-state index contributed by atoms with van der Waals surface area (Å²) in [6.45, 7) is 2.68. The monoisotopic (exact) mass is 544 g/mol. The van der Waals surface area contributed by atoms with Gasteiger partial charge in [-0.25, -0.2) is 0 Å². The summed E-state index contributed by atoms with van der Waals surface area (Å²) < 4.78 is 21.9. The van der Waals surface area contributed by atoms with Crippen molar-refractivity contribution in [2.45, 2.75) is 37.6 Å². The molecular weight excluding hydrogens is 512 g/mol. The van der Waals surface area contributed by atoms with Crippen LogP contribution in [0.1, 0.15) is 6.92 Å². The van der Waals surface area contributed by atoms with Crippen LogP contribution in [0, 0.1) is 0 Å². The van der Waals surface area contributed by atoms with Crippen molar-refractivity contribution in [3.8, 4) is 0 Å². The molecule has 0 aromatic heterocycles. The Kier molecular flexibility index (Phi) is 13.9. The highest BCUT2D eigenvalue weighted by molar-refractivity contribution is 7.80. The van der Waals surface area contributed by atoms with E-state index < -0.39 is 43.2 Å². The van der Waals surface area contributed by atoms with Gasteiger partial charge in [0.05, 0.1) is 50.5 Å². The van der Waals surface area contributed by atoms with Crippen LogP contribution in [-0.2, 0) is 23.7 Å². The molecule has 0 bridgehead atoms. The number of amides is 1. The Bertz CT molecular complexity index is 872. The summed E-state index contributed by atoms with van der Waals surface area (Å²) in [5.74, 6) is -0.419. The van der Waals surface area contributed by atoms with Crippen molar-refractivity contribution in [1.82, 2.24) is 10.6 Å². The number of thiocarbonyl (C=S) groups is 2. The minimum Gasteiger partial charge on any atom is -0.394 e. The van der Waals surface area contributed by atoms with Gasteiger partial charge in [-0.1, -0.05) is 0 Å². The molecule has 0 spiro atoms. The van der Waals surface area contributed by atoms with Crippen molar-refractivity contribution in [1.29, 1.82) is 0 Å². The predicted molar refractivity (Wildman–Crippen MR) is 138 cm³/mol. The lowest BCUT2D eigenvalue weighted by atomic mass is 9.97. The van der Waals surface area contributed by atoms with Gasteiger partial charge in [-0.3, -0.25) is 4.79 Å². The highest BCUT2D eigenvalue weighted by Gasteiger charge is 2.45. The Labute approximate surface area is 220 Å². The zero-order chi connectivity index (χ0) is 26.3. The maximum absolute atomic E-state index is 11.4. The molecule has 1 aliphatic heterocycles. The van der Waals surface area contributed by atoms with Crippen molar-refractivity contribution in [2.75, 3.05) is 51.5 Å². The lowest BCUT2D eigenvalue weighted by Gasteiger charge is -2.42. The molecule has 0 aliphatic carbocycles. The highest BCUT2D eigenvalue weighted by Crippen LogP contribution is 2.22. The van der Waals surface area contributed by atoms with Gasteiger partial charge in [0.15, 0.2) is 11.4 Å². The average molecular weight is 545 g/mol. The van der Waals surface area contributed by atoms with Crippen LogP contribution in [0.4, 0.5) is 11.4 Å². The van der Waals surface area contributed by atoms with Gasteiger partial charge in [0.25, 0.3) is 0 Å². The van der Waals surface area contributed by atoms with Crippen LogP contribution >= 0.6 is 24.4 Å². The first kappa shape index (κ1) is 30.1. The number of aliphatic imine (C=N–C) groups is 1. The van der Waals surface area contributed by atoms with Gasteiger partial charge in [0.2, 0.25) is 5.91 Å². The fourth-order valence-corrected chi connectivity index (χ4v) is 3.57. The summed E-state index contributed by atoms with van der Waals surface area (Å²) in [5.41, 5.74) is 1.52. The molecule has 14 heteroatoms. The SMILES string of the molecule is CC(=O)NC1C(O)[C@@H](O)C(CO)O[C@H]1OCCOCCOCCNC(=S)Nc1ccc(N=C=S)cc1. The molecule has 1 saturated heterocycles. The number of nitrogens with one attached hydrogen (secondary N) is 3. The third kappa shape index (κ3) is 10.5. The second kappa shape index (κ2) is 16.6. The minimum absolute atomic E-state index is 0.0993. The zero-order valence-corrected chi connectivity index (χ0v) is 21.4. The second-order valence-corrected chi connectivity index (χ2v) is 8.25. The Balaban J connectivity index is 1.54. The van der Waals surface area contributed by atoms with E-state index in [-0.39, 0.29) is 13.2 Å². The Morgan fingerprint density at radius 3 is 2.42 bits per heavy atom. The first-order valence-electron chi connectivity index (χ1n) is 11.2. The number of nitrogens with zero attached hydrogens (tertiary/aromatic N) is 1. The van der Waals surface area contributed by atoms with E-state index in [1.807, 2.05) is 12.1 Å². The number of anilines is 1. The maximum atomic E-state index is 11.4. The fourth-order valence-electron chi connectivity index (χ4n) is 3.24. The van der Waals surface area contributed by atoms with Gasteiger partial charge in [-0.15, -0.1) is 0 Å². The van der Waals surface area contributed by atoms with E-state index in [0.717, 1.165) is 5.69 Å². The molecule has 36 heavy (non-hydrogen) atoms. The highest BCUT2D eigenvalue weighted by atomic mass is 32.1. The van der Waals surface area contributed by atoms with Crippen LogP contribution in [-0.4, -0.2) is 108 Å². The Morgan fingerprint density at radius 2 is 1.78 bits per heavy atom. The van der Waals surface area contributed by atoms with E-state index in [9.17, 15) is 20.1 Å². The van der Waals surface area contributed by atoms with Crippen molar-refractivity contribution in [3.05, 3.63) is 24.3 Å². The Morgan fingerprint density at radius 1 is 1.11 bits per heavy atom. The molecule has 5 atom stereocenters. The number of rotatable bonds is 14. The number of isothiocyanates is 1. The number of carbonyl (C=O) groups is 1. The van der Waals surface area contributed by atoms with Crippen LogP contribution in [0.5, 0.6) is 0 Å². The first-order valence-corrected chi connectivity index (χ1v) is 12.1. The van der Waals surface area contributed by atoms with E-state index in [1.54, 1.807) is 12.1 Å². The lowest BCUT2D eigenvalue weighted by Crippen LogP contribution is -2.64. The summed E-state index contributed by atoms with van der Waals surface area (Å²) in [7, 11) is 0. The van der Waals surface area contributed by atoms with E-state index in [2.05, 4.69) is 38.3 Å². The van der Waals surface area contributed by atoms with Crippen LogP contribution in [0.15, 0.2) is 29.3 Å². The third-order valence-corrected chi connectivity index (χ3v) is 5.30. The molecule has 3 unspecified atom stereocenters. The quantitative estimate of drug-likeness (QED) is 0.103. The minimum atomic E-state index is -1.36. The van der Waals surface area contributed by atoms with E-state index in [1.165, 1.54) is 6.92 Å². The molecule has 1 fully saturated rings. The number of aliphatic hydroxyl groups is 3.